The molecule has 0 aliphatic rings. The summed E-state index contributed by atoms with van der Waals surface area (Å²) in [5, 5.41) is 11.9. The SMILES string of the molecule is Cc1ccn(C(C)CN(C)C)c(=O)c1C(=O)Nc1cc(F)ccc1CO. The van der Waals surface area contributed by atoms with Gasteiger partial charge in [0.25, 0.3) is 11.5 Å². The Kier molecular flexibility index (Phi) is 6.28. The Hall–Kier alpha value is -2.51. The fourth-order valence-electron chi connectivity index (χ4n) is 2.87. The Bertz CT molecular complexity index is 862. The second-order valence-corrected chi connectivity index (χ2v) is 6.61. The maximum absolute atomic E-state index is 13.5. The second kappa shape index (κ2) is 8.25. The molecular formula is C19H24FN3O3. The average molecular weight is 361 g/mol. The highest BCUT2D eigenvalue weighted by Gasteiger charge is 2.19. The molecule has 1 heterocycles. The lowest BCUT2D eigenvalue weighted by Crippen LogP contribution is -2.35. The molecule has 1 unspecified atom stereocenters. The number of aryl methyl sites for hydroxylation is 1. The number of amides is 1. The van der Waals surface area contributed by atoms with Crippen molar-refractivity contribution in [3.63, 3.8) is 0 Å². The lowest BCUT2D eigenvalue weighted by atomic mass is 10.1. The minimum atomic E-state index is -0.626. The van der Waals surface area contributed by atoms with Crippen LogP contribution in [0.2, 0.25) is 0 Å². The third-order valence-electron chi connectivity index (χ3n) is 4.15. The van der Waals surface area contributed by atoms with Crippen molar-refractivity contribution in [1.82, 2.24) is 9.47 Å². The number of nitrogens with zero attached hydrogens (tertiary/aromatic N) is 2. The molecule has 1 atom stereocenters. The molecule has 2 aromatic rings. The summed E-state index contributed by atoms with van der Waals surface area (Å²) in [6.07, 6.45) is 1.67. The van der Waals surface area contributed by atoms with Gasteiger partial charge in [0, 0.05) is 30.0 Å². The van der Waals surface area contributed by atoms with Gasteiger partial charge in [-0.05, 0) is 51.7 Å². The Labute approximate surface area is 151 Å². The van der Waals surface area contributed by atoms with E-state index in [-0.39, 0.29) is 23.9 Å². The van der Waals surface area contributed by atoms with Crippen LogP contribution in [0.15, 0.2) is 35.3 Å². The number of halogens is 1. The first-order chi connectivity index (χ1) is 12.2. The van der Waals surface area contributed by atoms with E-state index in [1.807, 2.05) is 25.9 Å². The lowest BCUT2D eigenvalue weighted by Gasteiger charge is -2.20. The van der Waals surface area contributed by atoms with Crippen LogP contribution in [0.5, 0.6) is 0 Å². The van der Waals surface area contributed by atoms with Crippen LogP contribution < -0.4 is 10.9 Å². The molecule has 2 N–H and O–H groups in total. The lowest BCUT2D eigenvalue weighted by molar-refractivity contribution is 0.102. The molecule has 0 fully saturated rings. The molecule has 6 nitrogen and oxygen atoms in total. The first kappa shape index (κ1) is 19.8. The zero-order chi connectivity index (χ0) is 19.4. The summed E-state index contributed by atoms with van der Waals surface area (Å²) >= 11 is 0. The molecule has 1 aromatic heterocycles. The van der Waals surface area contributed by atoms with Crippen molar-refractivity contribution in [2.45, 2.75) is 26.5 Å². The summed E-state index contributed by atoms with van der Waals surface area (Å²) in [7, 11) is 3.81. The number of aromatic nitrogens is 1. The number of anilines is 1. The Balaban J connectivity index is 2.40. The average Bonchev–Trinajstić information content (AvgIpc) is 2.54. The van der Waals surface area contributed by atoms with Crippen molar-refractivity contribution >= 4 is 11.6 Å². The van der Waals surface area contributed by atoms with Crippen molar-refractivity contribution in [2.75, 3.05) is 26.0 Å². The van der Waals surface area contributed by atoms with E-state index >= 15 is 0 Å². The number of hydrogen-bond acceptors (Lipinski definition) is 4. The second-order valence-electron chi connectivity index (χ2n) is 6.61. The number of aliphatic hydroxyl groups excluding tert-OH is 1. The molecule has 0 bridgehead atoms. The van der Waals surface area contributed by atoms with E-state index in [0.29, 0.717) is 17.7 Å². The van der Waals surface area contributed by atoms with Gasteiger partial charge in [-0.1, -0.05) is 6.07 Å². The van der Waals surface area contributed by atoms with Crippen LogP contribution in [0, 0.1) is 12.7 Å². The standard InChI is InChI=1S/C19H24FN3O3/c1-12-7-8-23(13(2)10-22(3)4)19(26)17(12)18(25)21-16-9-15(20)6-5-14(16)11-24/h5-9,13,24H,10-11H2,1-4H3,(H,21,25). The highest BCUT2D eigenvalue weighted by atomic mass is 19.1. The maximum Gasteiger partial charge on any atom is 0.263 e. The number of benzene rings is 1. The molecule has 0 saturated carbocycles. The third kappa shape index (κ3) is 4.36. The van der Waals surface area contributed by atoms with Gasteiger partial charge in [-0.3, -0.25) is 9.59 Å². The number of carbonyl (C=O) groups is 1. The topological polar surface area (TPSA) is 74.6 Å². The summed E-state index contributed by atoms with van der Waals surface area (Å²) in [5.74, 6) is -1.17. The van der Waals surface area contributed by atoms with Crippen molar-refractivity contribution in [3.8, 4) is 0 Å². The van der Waals surface area contributed by atoms with Crippen molar-refractivity contribution in [1.29, 1.82) is 0 Å². The molecule has 1 aromatic carbocycles. The number of nitrogens with one attached hydrogen (secondary N) is 1. The van der Waals surface area contributed by atoms with E-state index in [0.717, 1.165) is 6.07 Å². The van der Waals surface area contributed by atoms with Crippen molar-refractivity contribution < 1.29 is 14.3 Å². The van der Waals surface area contributed by atoms with Gasteiger partial charge < -0.3 is 19.9 Å². The molecule has 0 spiro atoms. The molecule has 140 valence electrons. The Morgan fingerprint density at radius 2 is 2.04 bits per heavy atom. The smallest absolute Gasteiger partial charge is 0.263 e. The third-order valence-corrected chi connectivity index (χ3v) is 4.15. The number of likely N-dealkylation sites (N-methyl/N-ethyl adjacent to an activating group) is 1. The molecule has 1 amide bonds. The van der Waals surface area contributed by atoms with Crippen LogP contribution in [0.4, 0.5) is 10.1 Å². The van der Waals surface area contributed by atoms with Crippen LogP contribution in [-0.2, 0) is 6.61 Å². The van der Waals surface area contributed by atoms with Crippen LogP contribution >= 0.6 is 0 Å². The minimum Gasteiger partial charge on any atom is -0.392 e. The van der Waals surface area contributed by atoms with Gasteiger partial charge >= 0.3 is 0 Å². The highest BCUT2D eigenvalue weighted by molar-refractivity contribution is 6.05. The molecule has 0 aliphatic heterocycles. The molecule has 0 aliphatic carbocycles. The summed E-state index contributed by atoms with van der Waals surface area (Å²) < 4.78 is 15.0. The highest BCUT2D eigenvalue weighted by Crippen LogP contribution is 2.18. The van der Waals surface area contributed by atoms with Crippen LogP contribution in [-0.4, -0.2) is 41.1 Å². The predicted octanol–water partition coefficient (Wildman–Crippen LogP) is 2.16. The van der Waals surface area contributed by atoms with Gasteiger partial charge in [0.15, 0.2) is 0 Å². The fourth-order valence-corrected chi connectivity index (χ4v) is 2.87. The first-order valence-electron chi connectivity index (χ1n) is 8.31. The van der Waals surface area contributed by atoms with Crippen molar-refractivity contribution in [3.05, 3.63) is 63.3 Å². The minimum absolute atomic E-state index is 0.00579. The Morgan fingerprint density at radius 3 is 2.65 bits per heavy atom. The molecular weight excluding hydrogens is 337 g/mol. The number of pyridine rings is 1. The summed E-state index contributed by atoms with van der Waals surface area (Å²) in [6, 6.07) is 5.30. The number of carbonyl (C=O) groups excluding carboxylic acids is 1. The molecule has 0 saturated heterocycles. The van der Waals surface area contributed by atoms with E-state index in [9.17, 15) is 19.1 Å². The first-order valence-corrected chi connectivity index (χ1v) is 8.31. The molecule has 26 heavy (non-hydrogen) atoms. The molecule has 0 radical (unpaired) electrons. The number of rotatable bonds is 6. The summed E-state index contributed by atoms with van der Waals surface area (Å²) in [4.78, 5) is 27.5. The zero-order valence-electron chi connectivity index (χ0n) is 15.4. The van der Waals surface area contributed by atoms with Gasteiger partial charge in [-0.2, -0.15) is 0 Å². The van der Waals surface area contributed by atoms with Gasteiger partial charge in [-0.15, -0.1) is 0 Å². The quantitative estimate of drug-likeness (QED) is 0.827. The van der Waals surface area contributed by atoms with Gasteiger partial charge in [0.2, 0.25) is 0 Å². The van der Waals surface area contributed by atoms with Crippen LogP contribution in [0.1, 0.15) is 34.5 Å². The normalized spacial score (nSPS) is 12.3. The molecule has 7 heteroatoms. The predicted molar refractivity (Wildman–Crippen MR) is 99.0 cm³/mol. The van der Waals surface area contributed by atoms with Crippen LogP contribution in [0.25, 0.3) is 0 Å². The zero-order valence-corrected chi connectivity index (χ0v) is 15.4. The van der Waals surface area contributed by atoms with E-state index in [4.69, 9.17) is 0 Å². The van der Waals surface area contributed by atoms with E-state index in [2.05, 4.69) is 5.32 Å². The number of aliphatic hydroxyl groups is 1. The molecule has 2 rings (SSSR count). The van der Waals surface area contributed by atoms with E-state index in [1.54, 1.807) is 19.2 Å². The number of hydrogen-bond donors (Lipinski definition) is 2. The Morgan fingerprint density at radius 1 is 1.35 bits per heavy atom. The largest absolute Gasteiger partial charge is 0.392 e. The van der Waals surface area contributed by atoms with E-state index in [1.165, 1.54) is 16.7 Å². The monoisotopic (exact) mass is 361 g/mol. The van der Waals surface area contributed by atoms with Gasteiger partial charge in [-0.25, -0.2) is 4.39 Å². The van der Waals surface area contributed by atoms with Gasteiger partial charge in [0.1, 0.15) is 11.4 Å². The van der Waals surface area contributed by atoms with Crippen molar-refractivity contribution in [2.24, 2.45) is 0 Å². The summed E-state index contributed by atoms with van der Waals surface area (Å²) in [6.45, 7) is 3.86. The van der Waals surface area contributed by atoms with Gasteiger partial charge in [0.05, 0.1) is 6.61 Å². The fraction of sp³-hybridized carbons (Fsp3) is 0.368. The van der Waals surface area contributed by atoms with Crippen LogP contribution in [0.3, 0.4) is 0 Å². The maximum atomic E-state index is 13.5. The van der Waals surface area contributed by atoms with E-state index < -0.39 is 17.3 Å². The summed E-state index contributed by atoms with van der Waals surface area (Å²) in [5.41, 5.74) is 0.649.